The molecule has 5 aromatic rings. The number of H-pyrrole nitrogens is 1. The Labute approximate surface area is 178 Å². The van der Waals surface area contributed by atoms with Crippen molar-refractivity contribution in [2.75, 3.05) is 5.32 Å². The number of nitrogens with zero attached hydrogens (tertiary/aromatic N) is 6. The van der Waals surface area contributed by atoms with E-state index in [0.29, 0.717) is 23.9 Å². The van der Waals surface area contributed by atoms with Crippen molar-refractivity contribution >= 4 is 28.3 Å². The third-order valence-corrected chi connectivity index (χ3v) is 5.73. The lowest BCUT2D eigenvalue weighted by Gasteiger charge is -2.06. The third-order valence-electron chi connectivity index (χ3n) is 4.55. The highest BCUT2D eigenvalue weighted by molar-refractivity contribution is 7.15. The molecule has 31 heavy (non-hydrogen) atoms. The number of aromatic amines is 1. The van der Waals surface area contributed by atoms with E-state index in [-0.39, 0.29) is 16.6 Å². The maximum Gasteiger partial charge on any atom is 0.222 e. The molecule has 0 saturated heterocycles. The fourth-order valence-electron chi connectivity index (χ4n) is 3.14. The number of anilines is 1. The normalized spacial score (nSPS) is 11.2. The molecule has 0 radical (unpaired) electrons. The van der Waals surface area contributed by atoms with E-state index in [1.807, 2.05) is 13.0 Å². The molecule has 4 aromatic heterocycles. The van der Waals surface area contributed by atoms with Crippen molar-refractivity contribution in [2.45, 2.75) is 13.5 Å². The van der Waals surface area contributed by atoms with E-state index >= 15 is 0 Å². The van der Waals surface area contributed by atoms with Gasteiger partial charge in [-0.2, -0.15) is 15.4 Å². The molecule has 8 nitrogen and oxygen atoms in total. The van der Waals surface area contributed by atoms with Gasteiger partial charge in [0, 0.05) is 18.0 Å². The molecule has 1 aromatic carbocycles. The highest BCUT2D eigenvalue weighted by atomic mass is 32.1. The van der Waals surface area contributed by atoms with E-state index in [9.17, 15) is 8.78 Å². The van der Waals surface area contributed by atoms with Gasteiger partial charge in [0.2, 0.25) is 5.95 Å². The first-order valence-corrected chi connectivity index (χ1v) is 10.1. The van der Waals surface area contributed by atoms with Crippen LogP contribution in [0.2, 0.25) is 0 Å². The number of hydrogen-bond acceptors (Lipinski definition) is 8. The monoisotopic (exact) mass is 436 g/mol. The Hall–Kier alpha value is -3.86. The summed E-state index contributed by atoms with van der Waals surface area (Å²) in [6, 6.07) is 8.01. The van der Waals surface area contributed by atoms with Crippen LogP contribution in [-0.4, -0.2) is 35.3 Å². The Morgan fingerprint density at radius 2 is 1.77 bits per heavy atom. The standard InChI is InChI=1S/C20H14F2N8S/c1-10-19(31-15(26-10)9-25-20-23-6-3-7-24-20)14-5-2-4-13(27-14)11-8-12(21)17-18(16(11)22)29-30-28-17/h2-8H,9H2,1H3,(H,23,24,25)(H,28,29,30). The van der Waals surface area contributed by atoms with Gasteiger partial charge >= 0.3 is 0 Å². The highest BCUT2D eigenvalue weighted by Gasteiger charge is 2.19. The van der Waals surface area contributed by atoms with Crippen LogP contribution in [0.3, 0.4) is 0 Å². The number of rotatable bonds is 5. The van der Waals surface area contributed by atoms with Gasteiger partial charge in [0.05, 0.1) is 28.5 Å². The van der Waals surface area contributed by atoms with Crippen molar-refractivity contribution in [1.82, 2.24) is 35.3 Å². The molecule has 4 heterocycles. The summed E-state index contributed by atoms with van der Waals surface area (Å²) in [7, 11) is 0. The first-order chi connectivity index (χ1) is 15.1. The van der Waals surface area contributed by atoms with Crippen LogP contribution >= 0.6 is 11.3 Å². The van der Waals surface area contributed by atoms with Crippen molar-refractivity contribution < 1.29 is 8.78 Å². The lowest BCUT2D eigenvalue weighted by atomic mass is 10.1. The predicted molar refractivity (Wildman–Crippen MR) is 112 cm³/mol. The molecule has 5 rings (SSSR count). The summed E-state index contributed by atoms with van der Waals surface area (Å²) < 4.78 is 29.2. The molecule has 0 saturated carbocycles. The third kappa shape index (κ3) is 3.59. The smallest absolute Gasteiger partial charge is 0.222 e. The molecule has 0 bridgehead atoms. The van der Waals surface area contributed by atoms with Crippen LogP contribution in [-0.2, 0) is 6.54 Å². The van der Waals surface area contributed by atoms with Crippen LogP contribution in [0.5, 0.6) is 0 Å². The minimum Gasteiger partial charge on any atom is -0.348 e. The molecule has 0 fully saturated rings. The summed E-state index contributed by atoms with van der Waals surface area (Å²) in [4.78, 5) is 18.2. The largest absolute Gasteiger partial charge is 0.348 e. The number of fused-ring (bicyclic) bond motifs is 1. The molecule has 0 aliphatic heterocycles. The molecule has 154 valence electrons. The molecular formula is C20H14F2N8S. The summed E-state index contributed by atoms with van der Waals surface area (Å²) in [5, 5.41) is 13.5. The zero-order valence-corrected chi connectivity index (χ0v) is 16.9. The van der Waals surface area contributed by atoms with Gasteiger partial charge in [-0.05, 0) is 31.2 Å². The molecule has 0 aliphatic rings. The SMILES string of the molecule is Cc1nc(CNc2ncccn2)sc1-c1cccc(-c2cc(F)c3n[nH]nc3c2F)n1. The number of aryl methyl sites for hydroxylation is 1. The zero-order valence-electron chi connectivity index (χ0n) is 16.1. The molecule has 0 amide bonds. The van der Waals surface area contributed by atoms with E-state index in [4.69, 9.17) is 0 Å². The maximum absolute atomic E-state index is 14.9. The summed E-state index contributed by atoms with van der Waals surface area (Å²) in [5.74, 6) is -0.834. The number of halogens is 2. The van der Waals surface area contributed by atoms with Gasteiger partial charge in [-0.15, -0.1) is 11.3 Å². The molecule has 0 spiro atoms. The lowest BCUT2D eigenvalue weighted by Crippen LogP contribution is -2.02. The highest BCUT2D eigenvalue weighted by Crippen LogP contribution is 2.33. The molecule has 0 aliphatic carbocycles. The number of hydrogen-bond donors (Lipinski definition) is 2. The number of benzene rings is 1. The number of aromatic nitrogens is 7. The van der Waals surface area contributed by atoms with Crippen molar-refractivity contribution in [2.24, 2.45) is 0 Å². The van der Waals surface area contributed by atoms with E-state index in [2.05, 4.69) is 40.7 Å². The van der Waals surface area contributed by atoms with Gasteiger partial charge in [-0.3, -0.25) is 0 Å². The summed E-state index contributed by atoms with van der Waals surface area (Å²) in [5.41, 5.74) is 1.42. The second kappa shape index (κ2) is 7.76. The number of nitrogens with one attached hydrogen (secondary N) is 2. The average Bonchev–Trinajstić information content (AvgIpc) is 3.43. The molecule has 0 atom stereocenters. The fourth-order valence-corrected chi connectivity index (χ4v) is 4.12. The minimum atomic E-state index is -0.677. The zero-order chi connectivity index (χ0) is 21.4. The predicted octanol–water partition coefficient (Wildman–Crippen LogP) is 4.13. The Morgan fingerprint density at radius 1 is 1.00 bits per heavy atom. The van der Waals surface area contributed by atoms with Crippen LogP contribution in [0.25, 0.3) is 32.9 Å². The summed E-state index contributed by atoms with van der Waals surface area (Å²) in [6.45, 7) is 2.34. The Kier molecular flexibility index (Phi) is 4.79. The lowest BCUT2D eigenvalue weighted by molar-refractivity contribution is 0.617. The second-order valence-electron chi connectivity index (χ2n) is 6.60. The number of thiazole rings is 1. The van der Waals surface area contributed by atoms with Crippen molar-refractivity contribution in [3.05, 3.63) is 65.1 Å². The number of pyridine rings is 1. The van der Waals surface area contributed by atoms with Gasteiger partial charge in [0.25, 0.3) is 0 Å². The van der Waals surface area contributed by atoms with E-state index < -0.39 is 11.6 Å². The van der Waals surface area contributed by atoms with Gasteiger partial charge in [-0.1, -0.05) is 6.07 Å². The molecule has 2 N–H and O–H groups in total. The van der Waals surface area contributed by atoms with Crippen molar-refractivity contribution in [1.29, 1.82) is 0 Å². The van der Waals surface area contributed by atoms with E-state index in [1.54, 1.807) is 30.6 Å². The maximum atomic E-state index is 14.9. The Balaban J connectivity index is 1.47. The van der Waals surface area contributed by atoms with Crippen LogP contribution in [0.15, 0.2) is 42.7 Å². The van der Waals surface area contributed by atoms with Crippen LogP contribution in [0.1, 0.15) is 10.7 Å². The average molecular weight is 436 g/mol. The second-order valence-corrected chi connectivity index (χ2v) is 7.68. The summed E-state index contributed by atoms with van der Waals surface area (Å²) >= 11 is 1.46. The van der Waals surface area contributed by atoms with Crippen LogP contribution < -0.4 is 5.32 Å². The van der Waals surface area contributed by atoms with Crippen molar-refractivity contribution in [3.63, 3.8) is 0 Å². The topological polar surface area (TPSA) is 105 Å². The van der Waals surface area contributed by atoms with E-state index in [0.717, 1.165) is 21.6 Å². The molecule has 0 unspecified atom stereocenters. The Bertz CT molecular complexity index is 1380. The molecule has 11 heteroatoms. The van der Waals surface area contributed by atoms with E-state index in [1.165, 1.54) is 11.3 Å². The van der Waals surface area contributed by atoms with Gasteiger partial charge in [-0.25, -0.2) is 28.7 Å². The first-order valence-electron chi connectivity index (χ1n) is 9.23. The van der Waals surface area contributed by atoms with Gasteiger partial charge in [0.1, 0.15) is 5.01 Å². The Morgan fingerprint density at radius 3 is 2.61 bits per heavy atom. The first kappa shape index (κ1) is 19.1. The summed E-state index contributed by atoms with van der Waals surface area (Å²) in [6.07, 6.45) is 3.31. The van der Waals surface area contributed by atoms with Crippen LogP contribution in [0.4, 0.5) is 14.7 Å². The minimum absolute atomic E-state index is 0.0195. The van der Waals surface area contributed by atoms with Crippen LogP contribution in [0, 0.1) is 18.6 Å². The van der Waals surface area contributed by atoms with Crippen molar-refractivity contribution in [3.8, 4) is 21.8 Å². The fraction of sp³-hybridized carbons (Fsp3) is 0.100. The molecular weight excluding hydrogens is 422 g/mol. The van der Waals surface area contributed by atoms with Gasteiger partial charge in [0.15, 0.2) is 22.7 Å². The van der Waals surface area contributed by atoms with Gasteiger partial charge < -0.3 is 5.32 Å². The quantitative estimate of drug-likeness (QED) is 0.427.